The van der Waals surface area contributed by atoms with Gasteiger partial charge in [-0.15, -0.1) is 0 Å². The molecule has 0 heterocycles. The molecule has 0 aromatic carbocycles. The molecule has 0 aliphatic heterocycles. The normalized spacial score (nSPS) is 10.3. The van der Waals surface area contributed by atoms with Gasteiger partial charge < -0.3 is 20.5 Å². The predicted octanol–water partition coefficient (Wildman–Crippen LogP) is -1.48. The van der Waals surface area contributed by atoms with Crippen molar-refractivity contribution in [3.8, 4) is 0 Å². The molecule has 0 atom stereocenters. The monoisotopic (exact) mass is 219 g/mol. The Bertz CT molecular complexity index is 155. The number of aliphatic hydroxyl groups excluding tert-OH is 1. The lowest BCUT2D eigenvalue weighted by Crippen LogP contribution is -2.34. The fourth-order valence-electron chi connectivity index (χ4n) is 0.871. The van der Waals surface area contributed by atoms with E-state index in [0.29, 0.717) is 32.7 Å². The molecule has 0 saturated heterocycles. The highest BCUT2D eigenvalue weighted by atomic mass is 16.5. The van der Waals surface area contributed by atoms with Gasteiger partial charge in [0.25, 0.3) is 0 Å². The zero-order chi connectivity index (χ0) is 11.4. The number of rotatable bonds is 10. The van der Waals surface area contributed by atoms with Gasteiger partial charge in [-0.1, -0.05) is 0 Å². The van der Waals surface area contributed by atoms with Crippen LogP contribution in [0.25, 0.3) is 0 Å². The summed E-state index contributed by atoms with van der Waals surface area (Å²) >= 11 is 0. The summed E-state index contributed by atoms with van der Waals surface area (Å²) in [7, 11) is 0. The topological polar surface area (TPSA) is 90.5 Å². The van der Waals surface area contributed by atoms with Crippen LogP contribution in [0.15, 0.2) is 0 Å². The molecule has 6 nitrogen and oxygen atoms in total. The van der Waals surface area contributed by atoms with Crippen LogP contribution in [0.2, 0.25) is 0 Å². The van der Waals surface area contributed by atoms with Crippen molar-refractivity contribution in [2.75, 3.05) is 46.1 Å². The number of carbonyl (C=O) groups is 1. The van der Waals surface area contributed by atoms with Gasteiger partial charge in [-0.3, -0.25) is 4.79 Å². The van der Waals surface area contributed by atoms with Gasteiger partial charge in [-0.05, 0) is 6.42 Å². The van der Waals surface area contributed by atoms with Crippen LogP contribution < -0.4 is 10.6 Å². The zero-order valence-electron chi connectivity index (χ0n) is 8.83. The summed E-state index contributed by atoms with van der Waals surface area (Å²) in [5.74, 6) is -0.188. The lowest BCUT2D eigenvalue weighted by molar-refractivity contribution is -0.125. The molecule has 0 aliphatic rings. The van der Waals surface area contributed by atoms with Crippen molar-refractivity contribution in [3.05, 3.63) is 0 Å². The Balaban J connectivity index is 3.11. The molecule has 1 amide bonds. The van der Waals surface area contributed by atoms with Crippen molar-refractivity contribution in [1.82, 2.24) is 10.6 Å². The van der Waals surface area contributed by atoms with Crippen LogP contribution >= 0.6 is 0 Å². The number of amides is 1. The third-order valence-electron chi connectivity index (χ3n) is 1.58. The molecule has 1 radical (unpaired) electrons. The first kappa shape index (κ1) is 14.3. The van der Waals surface area contributed by atoms with E-state index in [0.717, 1.165) is 0 Å². The van der Waals surface area contributed by atoms with Crippen LogP contribution in [0.1, 0.15) is 6.42 Å². The first-order chi connectivity index (χ1) is 7.31. The highest BCUT2D eigenvalue weighted by Crippen LogP contribution is 1.80. The summed E-state index contributed by atoms with van der Waals surface area (Å²) in [6, 6.07) is 0. The average molecular weight is 219 g/mol. The number of hydrogen-bond acceptors (Lipinski definition) is 4. The maximum atomic E-state index is 11.0. The first-order valence-electron chi connectivity index (χ1n) is 5.05. The maximum Gasteiger partial charge on any atom is 0.246 e. The summed E-state index contributed by atoms with van der Waals surface area (Å²) in [6.07, 6.45) is 0.436. The fourth-order valence-corrected chi connectivity index (χ4v) is 0.871. The number of aliphatic hydroxyl groups is 1. The number of nitrogens with one attached hydrogen (secondary N) is 2. The van der Waals surface area contributed by atoms with Gasteiger partial charge >= 0.3 is 0 Å². The van der Waals surface area contributed by atoms with Gasteiger partial charge in [0, 0.05) is 26.2 Å². The van der Waals surface area contributed by atoms with Crippen molar-refractivity contribution in [2.45, 2.75) is 6.42 Å². The molecule has 6 heteroatoms. The fraction of sp³-hybridized carbons (Fsp3) is 0.889. The van der Waals surface area contributed by atoms with Crippen molar-refractivity contribution in [2.24, 2.45) is 0 Å². The quantitative estimate of drug-likeness (QED) is 0.391. The lowest BCUT2D eigenvalue weighted by atomic mass is 10.5. The third-order valence-corrected chi connectivity index (χ3v) is 1.58. The first-order valence-corrected chi connectivity index (χ1v) is 5.05. The molecule has 0 aromatic rings. The van der Waals surface area contributed by atoms with E-state index >= 15 is 0 Å². The summed E-state index contributed by atoms with van der Waals surface area (Å²) in [5, 5.41) is 24.0. The Morgan fingerprint density at radius 3 is 2.73 bits per heavy atom. The molecule has 15 heavy (non-hydrogen) atoms. The number of hydrogen-bond donors (Lipinski definition) is 3. The molecular weight excluding hydrogens is 200 g/mol. The summed E-state index contributed by atoms with van der Waals surface area (Å²) in [5.41, 5.74) is 0. The van der Waals surface area contributed by atoms with Crippen LogP contribution in [0.4, 0.5) is 0 Å². The van der Waals surface area contributed by atoms with Crippen LogP contribution in [0, 0.1) is 0 Å². The Labute approximate surface area is 89.6 Å². The molecule has 0 aromatic heterocycles. The Morgan fingerprint density at radius 2 is 2.07 bits per heavy atom. The van der Waals surface area contributed by atoms with Gasteiger partial charge in [0.1, 0.15) is 6.61 Å². The van der Waals surface area contributed by atoms with Crippen LogP contribution in [0.3, 0.4) is 0 Å². The molecule has 0 spiro atoms. The van der Waals surface area contributed by atoms with Crippen LogP contribution in [0.5, 0.6) is 0 Å². The molecular formula is C9H19N2O4. The molecule has 0 fully saturated rings. The molecule has 0 bridgehead atoms. The average Bonchev–Trinajstić information content (AvgIpc) is 2.24. The SMILES string of the molecule is [O]CCCOCC(=O)NCCNCCO. The van der Waals surface area contributed by atoms with Crippen LogP contribution in [-0.2, 0) is 14.6 Å². The van der Waals surface area contributed by atoms with Gasteiger partial charge in [0.15, 0.2) is 0 Å². The van der Waals surface area contributed by atoms with E-state index in [2.05, 4.69) is 10.6 Å². The van der Waals surface area contributed by atoms with E-state index in [1.807, 2.05) is 0 Å². The van der Waals surface area contributed by atoms with E-state index in [-0.39, 0.29) is 25.7 Å². The van der Waals surface area contributed by atoms with Gasteiger partial charge in [0.2, 0.25) is 5.91 Å². The second-order valence-electron chi connectivity index (χ2n) is 2.93. The van der Waals surface area contributed by atoms with Crippen molar-refractivity contribution in [1.29, 1.82) is 0 Å². The van der Waals surface area contributed by atoms with Crippen molar-refractivity contribution in [3.63, 3.8) is 0 Å². The van der Waals surface area contributed by atoms with Gasteiger partial charge in [-0.2, -0.15) is 0 Å². The minimum absolute atomic E-state index is 0. The number of carbonyl (C=O) groups excluding carboxylic acids is 1. The van der Waals surface area contributed by atoms with E-state index in [1.165, 1.54) is 0 Å². The van der Waals surface area contributed by atoms with E-state index < -0.39 is 0 Å². The molecule has 89 valence electrons. The molecule has 0 rings (SSSR count). The van der Waals surface area contributed by atoms with Crippen LogP contribution in [-0.4, -0.2) is 57.1 Å². The predicted molar refractivity (Wildman–Crippen MR) is 54.0 cm³/mol. The van der Waals surface area contributed by atoms with E-state index in [4.69, 9.17) is 9.84 Å². The Kier molecular flexibility index (Phi) is 10.9. The van der Waals surface area contributed by atoms with E-state index in [9.17, 15) is 9.90 Å². The van der Waals surface area contributed by atoms with Crippen molar-refractivity contribution >= 4 is 5.91 Å². The Hall–Kier alpha value is -0.690. The summed E-state index contributed by atoms with van der Waals surface area (Å²) < 4.78 is 4.94. The maximum absolute atomic E-state index is 11.0. The third kappa shape index (κ3) is 11.2. The second kappa shape index (κ2) is 11.4. The second-order valence-corrected chi connectivity index (χ2v) is 2.93. The smallest absolute Gasteiger partial charge is 0.246 e. The van der Waals surface area contributed by atoms with E-state index in [1.54, 1.807) is 0 Å². The summed E-state index contributed by atoms with van der Waals surface area (Å²) in [6.45, 7) is 1.89. The molecule has 0 aliphatic carbocycles. The highest BCUT2D eigenvalue weighted by Gasteiger charge is 1.99. The zero-order valence-corrected chi connectivity index (χ0v) is 8.83. The van der Waals surface area contributed by atoms with Gasteiger partial charge in [0.05, 0.1) is 13.2 Å². The standard InChI is InChI=1S/C9H19N2O4/c12-5-1-7-15-8-9(14)11-3-2-10-4-6-13/h10,13H,1-8H2,(H,11,14). The Morgan fingerprint density at radius 1 is 1.27 bits per heavy atom. The van der Waals surface area contributed by atoms with Crippen molar-refractivity contribution < 1.29 is 19.7 Å². The minimum atomic E-state index is -0.188. The summed E-state index contributed by atoms with van der Waals surface area (Å²) in [4.78, 5) is 11.0. The largest absolute Gasteiger partial charge is 0.395 e. The molecule has 0 saturated carbocycles. The van der Waals surface area contributed by atoms with Gasteiger partial charge in [-0.25, -0.2) is 5.11 Å². The highest BCUT2D eigenvalue weighted by molar-refractivity contribution is 5.77. The molecule has 3 N–H and O–H groups in total. The minimum Gasteiger partial charge on any atom is -0.395 e. The molecule has 0 unspecified atom stereocenters. The number of ether oxygens (including phenoxy) is 1. The lowest BCUT2D eigenvalue weighted by Gasteiger charge is -2.06.